The summed E-state index contributed by atoms with van der Waals surface area (Å²) in [5, 5.41) is 13.1. The Balaban J connectivity index is 2.22. The average molecular weight is 266 g/mol. The first kappa shape index (κ1) is 14.3. The minimum atomic E-state index is -0.267. The maximum Gasteiger partial charge on any atom is 0.123 e. The second-order valence-corrected chi connectivity index (χ2v) is 5.27. The molecule has 0 bridgehead atoms. The summed E-state index contributed by atoms with van der Waals surface area (Å²) in [4.78, 5) is 2.14. The predicted molar refractivity (Wildman–Crippen MR) is 75.9 cm³/mol. The van der Waals surface area contributed by atoms with Gasteiger partial charge in [0.05, 0.1) is 6.10 Å². The smallest absolute Gasteiger partial charge is 0.123 e. The number of nitrogens with one attached hydrogen (secondary N) is 1. The van der Waals surface area contributed by atoms with E-state index in [1.54, 1.807) is 6.07 Å². The summed E-state index contributed by atoms with van der Waals surface area (Å²) in [5.74, 6) is -0.205. The van der Waals surface area contributed by atoms with Gasteiger partial charge in [-0.2, -0.15) is 0 Å². The van der Waals surface area contributed by atoms with Crippen molar-refractivity contribution in [2.24, 2.45) is 0 Å². The average Bonchev–Trinajstić information content (AvgIpc) is 2.82. The molecule has 0 saturated carbocycles. The molecule has 19 heavy (non-hydrogen) atoms. The van der Waals surface area contributed by atoms with E-state index < -0.39 is 0 Å². The van der Waals surface area contributed by atoms with Crippen molar-refractivity contribution < 1.29 is 9.50 Å². The lowest BCUT2D eigenvalue weighted by Crippen LogP contribution is -2.26. The quantitative estimate of drug-likeness (QED) is 0.859. The van der Waals surface area contributed by atoms with Crippen molar-refractivity contribution in [3.63, 3.8) is 0 Å². The number of rotatable bonds is 5. The van der Waals surface area contributed by atoms with Crippen molar-refractivity contribution in [2.75, 3.05) is 24.5 Å². The summed E-state index contributed by atoms with van der Waals surface area (Å²) in [7, 11) is 0. The molecule has 0 radical (unpaired) electrons. The van der Waals surface area contributed by atoms with E-state index in [2.05, 4.69) is 24.1 Å². The predicted octanol–water partition coefficient (Wildman–Crippen LogP) is 2.46. The number of β-amino-alcohol motifs (C(OH)–C–C–N with tert-alkyl or cyclic N) is 1. The zero-order chi connectivity index (χ0) is 13.8. The van der Waals surface area contributed by atoms with Crippen molar-refractivity contribution in [1.82, 2.24) is 5.32 Å². The zero-order valence-electron chi connectivity index (χ0n) is 11.7. The number of benzene rings is 1. The van der Waals surface area contributed by atoms with Crippen LogP contribution in [0, 0.1) is 5.82 Å². The topological polar surface area (TPSA) is 35.5 Å². The Kier molecular flexibility index (Phi) is 4.77. The van der Waals surface area contributed by atoms with Crippen molar-refractivity contribution in [3.05, 3.63) is 29.6 Å². The van der Waals surface area contributed by atoms with E-state index in [1.165, 1.54) is 6.07 Å². The summed E-state index contributed by atoms with van der Waals surface area (Å²) in [5.41, 5.74) is 2.01. The normalized spacial score (nSPS) is 20.8. The van der Waals surface area contributed by atoms with Gasteiger partial charge in [-0.25, -0.2) is 4.39 Å². The second kappa shape index (κ2) is 6.35. The van der Waals surface area contributed by atoms with Crippen LogP contribution in [0.3, 0.4) is 0 Å². The Morgan fingerprint density at radius 2 is 2.32 bits per heavy atom. The van der Waals surface area contributed by atoms with Crippen LogP contribution in [0.4, 0.5) is 10.1 Å². The van der Waals surface area contributed by atoms with Crippen LogP contribution in [0.2, 0.25) is 0 Å². The Hall–Kier alpha value is -1.13. The molecule has 1 aromatic carbocycles. The molecule has 0 spiro atoms. The standard InChI is InChI=1S/C15H23FN2O/c1-3-7-17-11(2)14-9-12(16)4-5-15(14)18-8-6-13(19)10-18/h4-5,9,11,13,17,19H,3,6-8,10H2,1-2H3. The molecule has 1 fully saturated rings. The molecule has 2 atom stereocenters. The van der Waals surface area contributed by atoms with Gasteiger partial charge in [0, 0.05) is 24.8 Å². The van der Waals surface area contributed by atoms with Gasteiger partial charge in [0.1, 0.15) is 5.82 Å². The van der Waals surface area contributed by atoms with Gasteiger partial charge in [0.15, 0.2) is 0 Å². The third-order valence-electron chi connectivity index (χ3n) is 3.66. The number of anilines is 1. The van der Waals surface area contributed by atoms with E-state index >= 15 is 0 Å². The molecule has 1 saturated heterocycles. The number of hydrogen-bond acceptors (Lipinski definition) is 3. The molecule has 3 nitrogen and oxygen atoms in total. The number of halogens is 1. The van der Waals surface area contributed by atoms with Crippen LogP contribution in [0.5, 0.6) is 0 Å². The van der Waals surface area contributed by atoms with Gasteiger partial charge < -0.3 is 15.3 Å². The lowest BCUT2D eigenvalue weighted by Gasteiger charge is -2.25. The summed E-state index contributed by atoms with van der Waals surface area (Å²) < 4.78 is 13.5. The maximum atomic E-state index is 13.5. The molecule has 1 aliphatic heterocycles. The molecule has 0 amide bonds. The van der Waals surface area contributed by atoms with Gasteiger partial charge in [0.2, 0.25) is 0 Å². The fourth-order valence-electron chi connectivity index (χ4n) is 2.59. The monoisotopic (exact) mass is 266 g/mol. The maximum absolute atomic E-state index is 13.5. The van der Waals surface area contributed by atoms with Crippen LogP contribution < -0.4 is 10.2 Å². The van der Waals surface area contributed by atoms with E-state index in [4.69, 9.17) is 0 Å². The molecule has 2 rings (SSSR count). The van der Waals surface area contributed by atoms with E-state index in [-0.39, 0.29) is 18.0 Å². The summed E-state index contributed by atoms with van der Waals surface area (Å²) in [6, 6.07) is 5.04. The van der Waals surface area contributed by atoms with Gasteiger partial charge in [-0.3, -0.25) is 0 Å². The number of hydrogen-bond donors (Lipinski definition) is 2. The van der Waals surface area contributed by atoms with E-state index in [0.29, 0.717) is 6.54 Å². The van der Waals surface area contributed by atoms with Gasteiger partial charge in [-0.15, -0.1) is 0 Å². The van der Waals surface area contributed by atoms with E-state index in [0.717, 1.165) is 37.2 Å². The van der Waals surface area contributed by atoms with Crippen molar-refractivity contribution in [1.29, 1.82) is 0 Å². The number of aliphatic hydroxyl groups excluding tert-OH is 1. The highest BCUT2D eigenvalue weighted by molar-refractivity contribution is 5.56. The van der Waals surface area contributed by atoms with Crippen LogP contribution in [0.25, 0.3) is 0 Å². The zero-order valence-corrected chi connectivity index (χ0v) is 11.7. The van der Waals surface area contributed by atoms with E-state index in [9.17, 15) is 9.50 Å². The highest BCUT2D eigenvalue weighted by Crippen LogP contribution is 2.30. The van der Waals surface area contributed by atoms with Crippen molar-refractivity contribution in [2.45, 2.75) is 38.8 Å². The number of nitrogens with zero attached hydrogens (tertiary/aromatic N) is 1. The van der Waals surface area contributed by atoms with Crippen molar-refractivity contribution in [3.8, 4) is 0 Å². The largest absolute Gasteiger partial charge is 0.391 e. The minimum absolute atomic E-state index is 0.114. The Bertz CT molecular complexity index is 425. The van der Waals surface area contributed by atoms with E-state index in [1.807, 2.05) is 6.07 Å². The third kappa shape index (κ3) is 3.45. The molecule has 2 N–H and O–H groups in total. The molecular formula is C15H23FN2O. The van der Waals surface area contributed by atoms with Crippen LogP contribution in [0.1, 0.15) is 38.3 Å². The highest BCUT2D eigenvalue weighted by Gasteiger charge is 2.23. The minimum Gasteiger partial charge on any atom is -0.391 e. The summed E-state index contributed by atoms with van der Waals surface area (Å²) in [6.45, 7) is 6.56. The third-order valence-corrected chi connectivity index (χ3v) is 3.66. The Morgan fingerprint density at radius 3 is 2.95 bits per heavy atom. The molecule has 1 aliphatic rings. The lowest BCUT2D eigenvalue weighted by atomic mass is 10.0. The van der Waals surface area contributed by atoms with Crippen LogP contribution >= 0.6 is 0 Å². The molecule has 106 valence electrons. The summed E-state index contributed by atoms with van der Waals surface area (Å²) >= 11 is 0. The molecule has 4 heteroatoms. The molecule has 0 aromatic heterocycles. The molecule has 0 aliphatic carbocycles. The van der Waals surface area contributed by atoms with Crippen LogP contribution in [-0.4, -0.2) is 30.8 Å². The van der Waals surface area contributed by atoms with Gasteiger partial charge in [0.25, 0.3) is 0 Å². The fourth-order valence-corrected chi connectivity index (χ4v) is 2.59. The fraction of sp³-hybridized carbons (Fsp3) is 0.600. The highest BCUT2D eigenvalue weighted by atomic mass is 19.1. The van der Waals surface area contributed by atoms with Crippen molar-refractivity contribution >= 4 is 5.69 Å². The second-order valence-electron chi connectivity index (χ2n) is 5.27. The van der Waals surface area contributed by atoms with Crippen LogP contribution in [0.15, 0.2) is 18.2 Å². The van der Waals surface area contributed by atoms with Gasteiger partial charge in [-0.05, 0) is 50.1 Å². The number of aliphatic hydroxyl groups is 1. The van der Waals surface area contributed by atoms with Gasteiger partial charge in [-0.1, -0.05) is 6.92 Å². The Labute approximate surface area is 114 Å². The first-order valence-corrected chi connectivity index (χ1v) is 7.07. The molecule has 2 unspecified atom stereocenters. The first-order valence-electron chi connectivity index (χ1n) is 7.07. The van der Waals surface area contributed by atoms with Crippen LogP contribution in [-0.2, 0) is 0 Å². The molecule has 1 aromatic rings. The Morgan fingerprint density at radius 1 is 1.53 bits per heavy atom. The SMILES string of the molecule is CCCNC(C)c1cc(F)ccc1N1CCC(O)C1. The molecule has 1 heterocycles. The summed E-state index contributed by atoms with van der Waals surface area (Å²) in [6.07, 6.45) is 1.57. The first-order chi connectivity index (χ1) is 9.11. The van der Waals surface area contributed by atoms with Gasteiger partial charge >= 0.3 is 0 Å². The molecular weight excluding hydrogens is 243 g/mol. The lowest BCUT2D eigenvalue weighted by molar-refractivity contribution is 0.198.